The van der Waals surface area contributed by atoms with Gasteiger partial charge in [-0.25, -0.2) is 13.4 Å². The van der Waals surface area contributed by atoms with Crippen LogP contribution in [0.4, 0.5) is 5.00 Å². The maximum Gasteiger partial charge on any atom is 0.256 e. The standard InChI is InChI=1S/C24H23N3O3S2/c1-14-11-12-15(32(2,29)30)13-17(14)23(28)27-24-21(16-7-3-6-10-20(16)31-24)22-25-18-8-4-5-9-19(18)26-22/h4-5,8-9,11-13H,3,6-7,10H2,1-2H3,(H,25,26)(H,27,28). The van der Waals surface area contributed by atoms with E-state index in [-0.39, 0.29) is 10.8 Å². The molecule has 8 heteroatoms. The molecule has 32 heavy (non-hydrogen) atoms. The molecule has 2 aromatic heterocycles. The number of sulfone groups is 1. The van der Waals surface area contributed by atoms with Crippen molar-refractivity contribution in [2.24, 2.45) is 0 Å². The lowest BCUT2D eigenvalue weighted by Gasteiger charge is -2.12. The molecule has 6 nitrogen and oxygen atoms in total. The second-order valence-corrected chi connectivity index (χ2v) is 11.3. The molecule has 0 saturated carbocycles. The molecular weight excluding hydrogens is 442 g/mol. The number of benzene rings is 2. The Morgan fingerprint density at radius 1 is 1.12 bits per heavy atom. The molecule has 0 radical (unpaired) electrons. The number of rotatable bonds is 4. The van der Waals surface area contributed by atoms with Gasteiger partial charge < -0.3 is 10.3 Å². The van der Waals surface area contributed by atoms with Crippen molar-refractivity contribution in [1.29, 1.82) is 0 Å². The van der Waals surface area contributed by atoms with Crippen molar-refractivity contribution in [1.82, 2.24) is 9.97 Å². The maximum absolute atomic E-state index is 13.3. The molecule has 164 valence electrons. The largest absolute Gasteiger partial charge is 0.338 e. The number of nitrogens with one attached hydrogen (secondary N) is 2. The molecule has 2 aromatic carbocycles. The zero-order chi connectivity index (χ0) is 22.5. The van der Waals surface area contributed by atoms with Gasteiger partial charge in [-0.3, -0.25) is 4.79 Å². The number of amides is 1. The van der Waals surface area contributed by atoms with E-state index >= 15 is 0 Å². The van der Waals surface area contributed by atoms with Crippen LogP contribution in [0.2, 0.25) is 0 Å². The minimum absolute atomic E-state index is 0.135. The molecule has 0 bridgehead atoms. The lowest BCUT2D eigenvalue weighted by molar-refractivity contribution is 0.102. The lowest BCUT2D eigenvalue weighted by Crippen LogP contribution is -2.14. The van der Waals surface area contributed by atoms with E-state index in [9.17, 15) is 13.2 Å². The van der Waals surface area contributed by atoms with Crippen molar-refractivity contribution < 1.29 is 13.2 Å². The summed E-state index contributed by atoms with van der Waals surface area (Å²) in [5.74, 6) is 0.437. The molecule has 0 aliphatic heterocycles. The first-order chi connectivity index (χ1) is 15.3. The van der Waals surface area contributed by atoms with Gasteiger partial charge >= 0.3 is 0 Å². The number of fused-ring (bicyclic) bond motifs is 2. The van der Waals surface area contributed by atoms with Gasteiger partial charge in [0.15, 0.2) is 9.84 Å². The van der Waals surface area contributed by atoms with Gasteiger partial charge in [0.05, 0.1) is 21.5 Å². The number of imidazole rings is 1. The van der Waals surface area contributed by atoms with Crippen LogP contribution in [0.25, 0.3) is 22.4 Å². The van der Waals surface area contributed by atoms with E-state index in [2.05, 4.69) is 10.3 Å². The van der Waals surface area contributed by atoms with Crippen molar-refractivity contribution in [3.8, 4) is 11.4 Å². The van der Waals surface area contributed by atoms with Crippen LogP contribution in [-0.4, -0.2) is 30.5 Å². The molecule has 4 aromatic rings. The van der Waals surface area contributed by atoms with Gasteiger partial charge in [0.25, 0.3) is 5.91 Å². The zero-order valence-corrected chi connectivity index (χ0v) is 19.5. The van der Waals surface area contributed by atoms with Crippen LogP contribution < -0.4 is 5.32 Å². The first kappa shape index (κ1) is 20.9. The van der Waals surface area contributed by atoms with Gasteiger partial charge in [-0.15, -0.1) is 11.3 Å². The van der Waals surface area contributed by atoms with Gasteiger partial charge in [-0.1, -0.05) is 18.2 Å². The molecule has 1 aliphatic rings. The summed E-state index contributed by atoms with van der Waals surface area (Å²) in [6, 6.07) is 12.5. The van der Waals surface area contributed by atoms with Crippen LogP contribution in [0, 0.1) is 6.92 Å². The number of aryl methyl sites for hydroxylation is 2. The number of nitrogens with zero attached hydrogens (tertiary/aromatic N) is 1. The van der Waals surface area contributed by atoms with Crippen LogP contribution in [0.3, 0.4) is 0 Å². The van der Waals surface area contributed by atoms with Gasteiger partial charge in [-0.05, 0) is 68.0 Å². The number of aromatic amines is 1. The Kier molecular flexibility index (Phi) is 5.14. The highest BCUT2D eigenvalue weighted by Crippen LogP contribution is 2.44. The Bertz CT molecular complexity index is 1430. The summed E-state index contributed by atoms with van der Waals surface area (Å²) in [4.78, 5) is 22.9. The average Bonchev–Trinajstić information content (AvgIpc) is 3.33. The molecule has 2 heterocycles. The summed E-state index contributed by atoms with van der Waals surface area (Å²) in [5.41, 5.74) is 5.11. The number of carbonyl (C=O) groups is 1. The summed E-state index contributed by atoms with van der Waals surface area (Å²) < 4.78 is 24.0. The zero-order valence-electron chi connectivity index (χ0n) is 17.9. The SMILES string of the molecule is Cc1ccc(S(C)(=O)=O)cc1C(=O)Nc1sc2c(c1-c1nc3ccccc3[nH]1)CCCC2. The first-order valence-corrected chi connectivity index (χ1v) is 13.2. The van der Waals surface area contributed by atoms with Gasteiger partial charge in [0.2, 0.25) is 0 Å². The number of carbonyl (C=O) groups excluding carboxylic acids is 1. The minimum atomic E-state index is -3.41. The Hall–Kier alpha value is -2.97. The predicted octanol–water partition coefficient (Wildman–Crippen LogP) is 5.13. The Balaban J connectivity index is 1.59. The highest BCUT2D eigenvalue weighted by molar-refractivity contribution is 7.90. The third-order valence-electron chi connectivity index (χ3n) is 5.91. The molecule has 0 fully saturated rings. The van der Waals surface area contributed by atoms with Crippen LogP contribution in [0.5, 0.6) is 0 Å². The number of H-pyrrole nitrogens is 1. The van der Waals surface area contributed by atoms with E-state index in [0.717, 1.165) is 64.9 Å². The monoisotopic (exact) mass is 465 g/mol. The van der Waals surface area contributed by atoms with E-state index in [0.29, 0.717) is 5.56 Å². The second-order valence-electron chi connectivity index (χ2n) is 8.22. The number of anilines is 1. The molecule has 5 rings (SSSR count). The summed E-state index contributed by atoms with van der Waals surface area (Å²) in [7, 11) is -3.41. The molecule has 1 aliphatic carbocycles. The Morgan fingerprint density at radius 2 is 1.91 bits per heavy atom. The van der Waals surface area contributed by atoms with Crippen LogP contribution in [-0.2, 0) is 22.7 Å². The van der Waals surface area contributed by atoms with Crippen molar-refractivity contribution in [3.05, 3.63) is 64.0 Å². The molecule has 0 spiro atoms. The molecule has 2 N–H and O–H groups in total. The molecular formula is C24H23N3O3S2. The third kappa shape index (κ3) is 3.73. The second kappa shape index (κ2) is 7.86. The number of hydrogen-bond donors (Lipinski definition) is 2. The van der Waals surface area contributed by atoms with E-state index in [4.69, 9.17) is 4.98 Å². The number of aromatic nitrogens is 2. The summed E-state index contributed by atoms with van der Waals surface area (Å²) >= 11 is 1.60. The first-order valence-electron chi connectivity index (χ1n) is 10.5. The van der Waals surface area contributed by atoms with Crippen LogP contribution in [0.15, 0.2) is 47.4 Å². The summed E-state index contributed by atoms with van der Waals surface area (Å²) in [6.07, 6.45) is 5.34. The van der Waals surface area contributed by atoms with Crippen molar-refractivity contribution in [2.75, 3.05) is 11.6 Å². The normalized spacial score (nSPS) is 13.8. The van der Waals surface area contributed by atoms with Gasteiger partial charge in [-0.2, -0.15) is 0 Å². The van der Waals surface area contributed by atoms with Crippen LogP contribution in [0.1, 0.15) is 39.2 Å². The average molecular weight is 466 g/mol. The van der Waals surface area contributed by atoms with E-state index in [1.807, 2.05) is 24.3 Å². The van der Waals surface area contributed by atoms with Crippen molar-refractivity contribution in [3.63, 3.8) is 0 Å². The number of para-hydroxylation sites is 2. The van der Waals surface area contributed by atoms with E-state index in [1.54, 1.807) is 24.3 Å². The Morgan fingerprint density at radius 3 is 2.69 bits per heavy atom. The minimum Gasteiger partial charge on any atom is -0.338 e. The lowest BCUT2D eigenvalue weighted by atomic mass is 9.95. The smallest absolute Gasteiger partial charge is 0.256 e. The fourth-order valence-electron chi connectivity index (χ4n) is 4.22. The van der Waals surface area contributed by atoms with E-state index in [1.165, 1.54) is 22.6 Å². The molecule has 0 atom stereocenters. The van der Waals surface area contributed by atoms with Crippen molar-refractivity contribution in [2.45, 2.75) is 37.5 Å². The maximum atomic E-state index is 13.3. The summed E-state index contributed by atoms with van der Waals surface area (Å²) in [6.45, 7) is 1.81. The van der Waals surface area contributed by atoms with Gasteiger partial charge in [0.1, 0.15) is 10.8 Å². The molecule has 0 saturated heterocycles. The highest BCUT2D eigenvalue weighted by atomic mass is 32.2. The predicted molar refractivity (Wildman–Crippen MR) is 128 cm³/mol. The van der Waals surface area contributed by atoms with E-state index < -0.39 is 9.84 Å². The van der Waals surface area contributed by atoms with Crippen molar-refractivity contribution >= 4 is 43.1 Å². The fraction of sp³-hybridized carbons (Fsp3) is 0.250. The fourth-order valence-corrected chi connectivity index (χ4v) is 6.16. The quantitative estimate of drug-likeness (QED) is 0.437. The molecule has 0 unspecified atom stereocenters. The topological polar surface area (TPSA) is 91.9 Å². The highest BCUT2D eigenvalue weighted by Gasteiger charge is 2.26. The Labute approximate surface area is 190 Å². The number of thiophene rings is 1. The number of hydrogen-bond acceptors (Lipinski definition) is 5. The van der Waals surface area contributed by atoms with Gasteiger partial charge in [0, 0.05) is 16.7 Å². The van der Waals surface area contributed by atoms with Crippen LogP contribution >= 0.6 is 11.3 Å². The molecule has 1 amide bonds. The summed E-state index contributed by atoms with van der Waals surface area (Å²) in [5, 5.41) is 3.83. The third-order valence-corrected chi connectivity index (χ3v) is 8.22.